The van der Waals surface area contributed by atoms with Crippen LogP contribution in [0.15, 0.2) is 29.8 Å². The van der Waals surface area contributed by atoms with Gasteiger partial charge < -0.3 is 14.0 Å². The molecule has 0 aliphatic carbocycles. The van der Waals surface area contributed by atoms with Gasteiger partial charge in [0.25, 0.3) is 0 Å². The van der Waals surface area contributed by atoms with E-state index in [9.17, 15) is 9.59 Å². The van der Waals surface area contributed by atoms with Crippen LogP contribution in [0.3, 0.4) is 0 Å². The van der Waals surface area contributed by atoms with Crippen molar-refractivity contribution in [1.29, 1.82) is 0 Å². The molecule has 110 valence electrons. The molecule has 1 heterocycles. The second kappa shape index (κ2) is 6.01. The SMILES string of the molecule is COC(=O)C(=Cc1c(Cl)n(C)c2ccccc12)C(=O)OC. The van der Waals surface area contributed by atoms with E-state index >= 15 is 0 Å². The average molecular weight is 308 g/mol. The average Bonchev–Trinajstić information content (AvgIpc) is 2.76. The Kier molecular flexibility index (Phi) is 4.33. The Morgan fingerprint density at radius 1 is 1.14 bits per heavy atom. The van der Waals surface area contributed by atoms with E-state index in [4.69, 9.17) is 11.6 Å². The van der Waals surface area contributed by atoms with Crippen LogP contribution in [0.25, 0.3) is 17.0 Å². The minimum absolute atomic E-state index is 0.210. The molecule has 21 heavy (non-hydrogen) atoms. The van der Waals surface area contributed by atoms with Crippen molar-refractivity contribution in [2.24, 2.45) is 7.05 Å². The molecule has 5 nitrogen and oxygen atoms in total. The molecule has 0 N–H and O–H groups in total. The van der Waals surface area contributed by atoms with E-state index in [2.05, 4.69) is 9.47 Å². The van der Waals surface area contributed by atoms with Crippen molar-refractivity contribution in [3.63, 3.8) is 0 Å². The standard InChI is InChI=1S/C15H14ClNO4/c1-17-12-7-5-4-6-9(12)10(13(17)16)8-11(14(18)20-2)15(19)21-3/h4-8H,1-3H3. The summed E-state index contributed by atoms with van der Waals surface area (Å²) in [4.78, 5) is 23.5. The molecule has 6 heteroatoms. The second-order valence-corrected chi connectivity index (χ2v) is 4.68. The number of benzene rings is 1. The van der Waals surface area contributed by atoms with Crippen LogP contribution in [-0.2, 0) is 26.1 Å². The van der Waals surface area contributed by atoms with Crippen molar-refractivity contribution in [3.8, 4) is 0 Å². The Hall–Kier alpha value is -2.27. The van der Waals surface area contributed by atoms with Gasteiger partial charge in [-0.15, -0.1) is 0 Å². The third kappa shape index (κ3) is 2.64. The van der Waals surface area contributed by atoms with Gasteiger partial charge in [-0.2, -0.15) is 0 Å². The molecule has 1 aromatic heterocycles. The van der Waals surface area contributed by atoms with Crippen molar-refractivity contribution < 1.29 is 19.1 Å². The van der Waals surface area contributed by atoms with E-state index in [0.717, 1.165) is 10.9 Å². The fraction of sp³-hybridized carbons (Fsp3) is 0.200. The number of hydrogen-bond acceptors (Lipinski definition) is 4. The summed E-state index contributed by atoms with van der Waals surface area (Å²) in [5, 5.41) is 1.25. The summed E-state index contributed by atoms with van der Waals surface area (Å²) in [5.74, 6) is -1.54. The first-order valence-electron chi connectivity index (χ1n) is 6.12. The molecule has 0 spiro atoms. The van der Waals surface area contributed by atoms with E-state index in [1.807, 2.05) is 24.3 Å². The van der Waals surface area contributed by atoms with Crippen LogP contribution in [-0.4, -0.2) is 30.7 Å². The van der Waals surface area contributed by atoms with Gasteiger partial charge in [0, 0.05) is 23.5 Å². The highest BCUT2D eigenvalue weighted by molar-refractivity contribution is 6.33. The number of ether oxygens (including phenoxy) is 2. The smallest absolute Gasteiger partial charge is 0.345 e. The number of para-hydroxylation sites is 1. The van der Waals surface area contributed by atoms with Crippen LogP contribution in [0.2, 0.25) is 5.15 Å². The van der Waals surface area contributed by atoms with Gasteiger partial charge in [0.15, 0.2) is 0 Å². The topological polar surface area (TPSA) is 57.5 Å². The highest BCUT2D eigenvalue weighted by Crippen LogP contribution is 2.31. The van der Waals surface area contributed by atoms with Gasteiger partial charge in [-0.3, -0.25) is 0 Å². The maximum absolute atomic E-state index is 11.7. The first kappa shape index (κ1) is 15.1. The van der Waals surface area contributed by atoms with Gasteiger partial charge in [0.05, 0.1) is 14.2 Å². The van der Waals surface area contributed by atoms with E-state index < -0.39 is 11.9 Å². The number of nitrogens with zero attached hydrogens (tertiary/aromatic N) is 1. The number of esters is 2. The number of carbonyl (C=O) groups excluding carboxylic acids is 2. The van der Waals surface area contributed by atoms with Gasteiger partial charge >= 0.3 is 11.9 Å². The maximum atomic E-state index is 11.7. The Morgan fingerprint density at radius 2 is 1.71 bits per heavy atom. The predicted octanol–water partition coefficient (Wildman–Crippen LogP) is 2.56. The molecule has 0 fully saturated rings. The fourth-order valence-electron chi connectivity index (χ4n) is 2.09. The molecule has 2 rings (SSSR count). The molecule has 0 amide bonds. The fourth-order valence-corrected chi connectivity index (χ4v) is 2.34. The third-order valence-electron chi connectivity index (χ3n) is 3.17. The predicted molar refractivity (Wildman–Crippen MR) is 79.9 cm³/mol. The van der Waals surface area contributed by atoms with Crippen LogP contribution < -0.4 is 0 Å². The molecule has 2 aromatic rings. The number of carbonyl (C=O) groups is 2. The van der Waals surface area contributed by atoms with Crippen LogP contribution in [0.4, 0.5) is 0 Å². The molecule has 0 saturated carbocycles. The zero-order valence-electron chi connectivity index (χ0n) is 11.8. The molecule has 0 atom stereocenters. The number of rotatable bonds is 3. The Bertz CT molecular complexity index is 727. The molecular formula is C15H14ClNO4. The summed E-state index contributed by atoms with van der Waals surface area (Å²) in [5.41, 5.74) is 1.25. The van der Waals surface area contributed by atoms with Crippen molar-refractivity contribution >= 4 is 40.5 Å². The highest BCUT2D eigenvalue weighted by atomic mass is 35.5. The summed E-state index contributed by atoms with van der Waals surface area (Å²) >= 11 is 6.29. The number of fused-ring (bicyclic) bond motifs is 1. The summed E-state index contributed by atoms with van der Waals surface area (Å²) in [6.07, 6.45) is 1.39. The van der Waals surface area contributed by atoms with Crippen molar-refractivity contribution in [3.05, 3.63) is 40.6 Å². The van der Waals surface area contributed by atoms with Crippen LogP contribution in [0.1, 0.15) is 5.56 Å². The van der Waals surface area contributed by atoms with E-state index in [0.29, 0.717) is 10.7 Å². The quantitative estimate of drug-likeness (QED) is 0.378. The lowest BCUT2D eigenvalue weighted by Crippen LogP contribution is -2.15. The largest absolute Gasteiger partial charge is 0.465 e. The van der Waals surface area contributed by atoms with E-state index in [1.165, 1.54) is 20.3 Å². The van der Waals surface area contributed by atoms with E-state index in [-0.39, 0.29) is 5.57 Å². The molecule has 0 radical (unpaired) electrons. The highest BCUT2D eigenvalue weighted by Gasteiger charge is 2.22. The zero-order valence-corrected chi connectivity index (χ0v) is 12.6. The minimum Gasteiger partial charge on any atom is -0.465 e. The van der Waals surface area contributed by atoms with Gasteiger partial charge in [-0.25, -0.2) is 9.59 Å². The lowest BCUT2D eigenvalue weighted by atomic mass is 10.1. The summed E-state index contributed by atoms with van der Waals surface area (Å²) < 4.78 is 11.0. The van der Waals surface area contributed by atoms with Crippen LogP contribution >= 0.6 is 11.6 Å². The van der Waals surface area contributed by atoms with Crippen LogP contribution in [0, 0.1) is 0 Å². The third-order valence-corrected chi connectivity index (χ3v) is 3.63. The molecular weight excluding hydrogens is 294 g/mol. The minimum atomic E-state index is -0.772. The van der Waals surface area contributed by atoms with Gasteiger partial charge in [-0.05, 0) is 12.1 Å². The lowest BCUT2D eigenvalue weighted by molar-refractivity contribution is -0.143. The molecule has 0 bridgehead atoms. The Labute approximate surface area is 126 Å². The zero-order chi connectivity index (χ0) is 15.6. The number of halogens is 1. The molecule has 0 aliphatic rings. The molecule has 0 saturated heterocycles. The summed E-state index contributed by atoms with van der Waals surface area (Å²) in [6, 6.07) is 7.49. The Balaban J connectivity index is 2.70. The first-order chi connectivity index (χ1) is 10.0. The Morgan fingerprint density at radius 3 is 2.29 bits per heavy atom. The van der Waals surface area contributed by atoms with Crippen molar-refractivity contribution in [1.82, 2.24) is 4.57 Å². The number of aryl methyl sites for hydroxylation is 1. The summed E-state index contributed by atoms with van der Waals surface area (Å²) in [7, 11) is 4.20. The number of aromatic nitrogens is 1. The van der Waals surface area contributed by atoms with Crippen molar-refractivity contribution in [2.45, 2.75) is 0 Å². The monoisotopic (exact) mass is 307 g/mol. The van der Waals surface area contributed by atoms with Crippen LogP contribution in [0.5, 0.6) is 0 Å². The van der Waals surface area contributed by atoms with Crippen molar-refractivity contribution in [2.75, 3.05) is 14.2 Å². The molecule has 0 aliphatic heterocycles. The number of methoxy groups -OCH3 is 2. The van der Waals surface area contributed by atoms with E-state index in [1.54, 1.807) is 11.6 Å². The second-order valence-electron chi connectivity index (χ2n) is 4.32. The lowest BCUT2D eigenvalue weighted by Gasteiger charge is -2.03. The summed E-state index contributed by atoms with van der Waals surface area (Å²) in [6.45, 7) is 0. The molecule has 1 aromatic carbocycles. The maximum Gasteiger partial charge on any atom is 0.345 e. The van der Waals surface area contributed by atoms with Gasteiger partial charge in [-0.1, -0.05) is 29.8 Å². The van der Waals surface area contributed by atoms with Gasteiger partial charge in [0.1, 0.15) is 10.7 Å². The normalized spacial score (nSPS) is 10.3. The first-order valence-corrected chi connectivity index (χ1v) is 6.50. The van der Waals surface area contributed by atoms with Gasteiger partial charge in [0.2, 0.25) is 0 Å². The number of hydrogen-bond donors (Lipinski definition) is 0. The molecule has 0 unspecified atom stereocenters.